The van der Waals surface area contributed by atoms with Gasteiger partial charge >= 0.3 is 0 Å². The van der Waals surface area contributed by atoms with Crippen LogP contribution in [0.25, 0.3) is 0 Å². The minimum absolute atomic E-state index is 0.0951. The van der Waals surface area contributed by atoms with Gasteiger partial charge in [0, 0.05) is 38.6 Å². The van der Waals surface area contributed by atoms with E-state index in [2.05, 4.69) is 4.98 Å². The number of hydrogen-bond acceptors (Lipinski definition) is 3. The Labute approximate surface area is 151 Å². The number of hydrogen-bond donors (Lipinski definition) is 0. The first-order valence-electron chi connectivity index (χ1n) is 7.74. The molecule has 25 heavy (non-hydrogen) atoms. The van der Waals surface area contributed by atoms with Crippen LogP contribution in [-0.4, -0.2) is 41.8 Å². The number of benzene rings is 1. The van der Waals surface area contributed by atoms with Crippen LogP contribution >= 0.6 is 11.6 Å². The third kappa shape index (κ3) is 5.26. The number of pyridine rings is 1. The molecule has 1 aromatic heterocycles. The molecule has 1 aromatic carbocycles. The summed E-state index contributed by atoms with van der Waals surface area (Å²) >= 11 is 5.77. The number of aromatic nitrogens is 1. The maximum Gasteiger partial charge on any atom is 0.242 e. The van der Waals surface area contributed by atoms with Crippen LogP contribution in [0, 0.1) is 5.82 Å². The van der Waals surface area contributed by atoms with Crippen LogP contribution < -0.4 is 4.90 Å². The fourth-order valence-corrected chi connectivity index (χ4v) is 2.44. The number of likely N-dealkylation sites (N-methyl/N-ethyl adjacent to an activating group) is 1. The Bertz CT molecular complexity index is 755. The molecule has 0 spiro atoms. The van der Waals surface area contributed by atoms with Gasteiger partial charge in [-0.1, -0.05) is 11.6 Å². The van der Waals surface area contributed by atoms with E-state index in [9.17, 15) is 14.0 Å². The van der Waals surface area contributed by atoms with E-state index in [1.807, 2.05) is 12.1 Å². The molecule has 0 saturated carbocycles. The molecule has 5 nitrogen and oxygen atoms in total. The average Bonchev–Trinajstić information content (AvgIpc) is 2.60. The maximum atomic E-state index is 13.3. The molecule has 0 aliphatic rings. The zero-order chi connectivity index (χ0) is 18.4. The molecular formula is C18H19ClFN3O2. The van der Waals surface area contributed by atoms with Gasteiger partial charge in [0.05, 0.1) is 5.02 Å². The zero-order valence-corrected chi connectivity index (χ0v) is 14.8. The van der Waals surface area contributed by atoms with Crippen LogP contribution in [0.15, 0.2) is 42.7 Å². The molecule has 2 amide bonds. The lowest BCUT2D eigenvalue weighted by molar-refractivity contribution is -0.130. The van der Waals surface area contributed by atoms with Crippen LogP contribution in [0.4, 0.5) is 10.1 Å². The Balaban J connectivity index is 2.01. The van der Waals surface area contributed by atoms with E-state index in [0.717, 1.165) is 5.56 Å². The van der Waals surface area contributed by atoms with E-state index >= 15 is 0 Å². The molecule has 132 valence electrons. The van der Waals surface area contributed by atoms with Crippen LogP contribution in [-0.2, 0) is 16.0 Å². The van der Waals surface area contributed by atoms with Crippen LogP contribution in [0.5, 0.6) is 0 Å². The van der Waals surface area contributed by atoms with Gasteiger partial charge < -0.3 is 9.80 Å². The third-order valence-electron chi connectivity index (χ3n) is 3.80. The minimum Gasteiger partial charge on any atom is -0.344 e. The summed E-state index contributed by atoms with van der Waals surface area (Å²) in [5, 5.41) is -0.0951. The van der Waals surface area contributed by atoms with E-state index in [1.54, 1.807) is 24.3 Å². The van der Waals surface area contributed by atoms with E-state index in [1.165, 1.54) is 30.0 Å². The molecule has 0 unspecified atom stereocenters. The minimum atomic E-state index is -0.574. The van der Waals surface area contributed by atoms with Gasteiger partial charge in [-0.15, -0.1) is 0 Å². The van der Waals surface area contributed by atoms with Crippen molar-refractivity contribution in [2.45, 2.75) is 13.3 Å². The summed E-state index contributed by atoms with van der Waals surface area (Å²) in [4.78, 5) is 31.1. The smallest absolute Gasteiger partial charge is 0.242 e. The van der Waals surface area contributed by atoms with Crippen molar-refractivity contribution in [3.8, 4) is 0 Å². The number of rotatable bonds is 6. The topological polar surface area (TPSA) is 53.5 Å². The zero-order valence-electron chi connectivity index (χ0n) is 14.1. The Kier molecular flexibility index (Phi) is 6.47. The number of halogens is 2. The normalized spacial score (nSPS) is 10.4. The van der Waals surface area contributed by atoms with E-state index in [-0.39, 0.29) is 23.4 Å². The first-order valence-corrected chi connectivity index (χ1v) is 8.12. The van der Waals surface area contributed by atoms with E-state index in [0.29, 0.717) is 18.7 Å². The standard InChI is InChI=1S/C18H19ClFN3O2/c1-13(24)23(15-3-4-17(20)16(19)11-15)12-18(25)22(2)10-7-14-5-8-21-9-6-14/h3-6,8-9,11H,7,10,12H2,1-2H3. The number of nitrogens with zero attached hydrogens (tertiary/aromatic N) is 3. The third-order valence-corrected chi connectivity index (χ3v) is 4.09. The highest BCUT2D eigenvalue weighted by molar-refractivity contribution is 6.31. The van der Waals surface area contributed by atoms with Crippen molar-refractivity contribution in [1.29, 1.82) is 0 Å². The Morgan fingerprint density at radius 3 is 2.48 bits per heavy atom. The molecule has 0 fully saturated rings. The lowest BCUT2D eigenvalue weighted by Gasteiger charge is -2.24. The Morgan fingerprint density at radius 1 is 1.20 bits per heavy atom. The molecule has 0 radical (unpaired) electrons. The summed E-state index contributed by atoms with van der Waals surface area (Å²) in [6.07, 6.45) is 4.09. The number of amides is 2. The van der Waals surface area contributed by atoms with Crippen molar-refractivity contribution < 1.29 is 14.0 Å². The monoisotopic (exact) mass is 363 g/mol. The molecule has 0 aliphatic heterocycles. The van der Waals surface area contributed by atoms with Crippen LogP contribution in [0.2, 0.25) is 5.02 Å². The first-order chi connectivity index (χ1) is 11.9. The molecule has 1 heterocycles. The molecule has 0 atom stereocenters. The lowest BCUT2D eigenvalue weighted by atomic mass is 10.2. The number of carbonyl (C=O) groups is 2. The van der Waals surface area contributed by atoms with E-state index in [4.69, 9.17) is 11.6 Å². The second-order valence-corrected chi connectivity index (χ2v) is 6.03. The largest absolute Gasteiger partial charge is 0.344 e. The fraction of sp³-hybridized carbons (Fsp3) is 0.278. The highest BCUT2D eigenvalue weighted by Crippen LogP contribution is 2.23. The van der Waals surface area contributed by atoms with Crippen molar-refractivity contribution in [3.05, 3.63) is 59.1 Å². The lowest BCUT2D eigenvalue weighted by Crippen LogP contribution is -2.41. The second kappa shape index (κ2) is 8.58. The molecular weight excluding hydrogens is 345 g/mol. The molecule has 2 aromatic rings. The Morgan fingerprint density at radius 2 is 1.88 bits per heavy atom. The van der Waals surface area contributed by atoms with Crippen molar-refractivity contribution in [3.63, 3.8) is 0 Å². The summed E-state index contributed by atoms with van der Waals surface area (Å²) in [7, 11) is 1.68. The van der Waals surface area contributed by atoms with Crippen molar-refractivity contribution in [1.82, 2.24) is 9.88 Å². The fourth-order valence-electron chi connectivity index (χ4n) is 2.26. The van der Waals surface area contributed by atoms with Gasteiger partial charge in [0.25, 0.3) is 0 Å². The maximum absolute atomic E-state index is 13.3. The van der Waals surface area contributed by atoms with Gasteiger partial charge in [0.2, 0.25) is 11.8 Å². The van der Waals surface area contributed by atoms with Gasteiger partial charge in [-0.3, -0.25) is 14.6 Å². The average molecular weight is 364 g/mol. The Hall–Kier alpha value is -2.47. The highest BCUT2D eigenvalue weighted by atomic mass is 35.5. The summed E-state index contributed by atoms with van der Waals surface area (Å²) in [5.74, 6) is -1.11. The van der Waals surface area contributed by atoms with Gasteiger partial charge in [-0.25, -0.2) is 4.39 Å². The van der Waals surface area contributed by atoms with Gasteiger partial charge in [0.15, 0.2) is 0 Å². The summed E-state index contributed by atoms with van der Waals surface area (Å²) in [5.41, 5.74) is 1.46. The second-order valence-electron chi connectivity index (χ2n) is 5.62. The predicted octanol–water partition coefficient (Wildman–Crippen LogP) is 2.93. The molecule has 0 N–H and O–H groups in total. The molecule has 0 bridgehead atoms. The molecule has 0 saturated heterocycles. The van der Waals surface area contributed by atoms with Crippen LogP contribution in [0.3, 0.4) is 0 Å². The van der Waals surface area contributed by atoms with Crippen LogP contribution in [0.1, 0.15) is 12.5 Å². The molecule has 2 rings (SSSR count). The first kappa shape index (κ1) is 18.9. The number of anilines is 1. The summed E-state index contributed by atoms with van der Waals surface area (Å²) < 4.78 is 13.3. The quantitative estimate of drug-likeness (QED) is 0.793. The highest BCUT2D eigenvalue weighted by Gasteiger charge is 2.19. The van der Waals surface area contributed by atoms with E-state index < -0.39 is 5.82 Å². The molecule has 0 aliphatic carbocycles. The van der Waals surface area contributed by atoms with Gasteiger partial charge in [-0.05, 0) is 42.3 Å². The molecule has 7 heteroatoms. The predicted molar refractivity (Wildman–Crippen MR) is 95.0 cm³/mol. The number of carbonyl (C=O) groups excluding carboxylic acids is 2. The van der Waals surface area contributed by atoms with Gasteiger partial charge in [0.1, 0.15) is 12.4 Å². The van der Waals surface area contributed by atoms with Gasteiger partial charge in [-0.2, -0.15) is 0 Å². The van der Waals surface area contributed by atoms with Crippen molar-refractivity contribution in [2.75, 3.05) is 25.0 Å². The summed E-state index contributed by atoms with van der Waals surface area (Å²) in [6, 6.07) is 7.71. The summed E-state index contributed by atoms with van der Waals surface area (Å²) in [6.45, 7) is 1.73. The SMILES string of the molecule is CC(=O)N(CC(=O)N(C)CCc1ccncc1)c1ccc(F)c(Cl)c1. The van der Waals surface area contributed by atoms with Crippen molar-refractivity contribution in [2.24, 2.45) is 0 Å². The van der Waals surface area contributed by atoms with Crippen molar-refractivity contribution >= 4 is 29.1 Å².